The van der Waals surface area contributed by atoms with Gasteiger partial charge >= 0.3 is 0 Å². The molecule has 0 fully saturated rings. The summed E-state index contributed by atoms with van der Waals surface area (Å²) in [4.78, 5) is 10.5. The van der Waals surface area contributed by atoms with Gasteiger partial charge in [-0.15, -0.1) is 0 Å². The molecule has 0 heterocycles. The Labute approximate surface area is 78.5 Å². The lowest BCUT2D eigenvalue weighted by molar-refractivity contribution is 0.112. The molecule has 70 valence electrons. The first-order valence-corrected chi connectivity index (χ1v) is 4.36. The van der Waals surface area contributed by atoms with Crippen LogP contribution in [0.5, 0.6) is 5.75 Å². The highest BCUT2D eigenvalue weighted by molar-refractivity contribution is 5.77. The van der Waals surface area contributed by atoms with Gasteiger partial charge in [-0.1, -0.05) is 0 Å². The summed E-state index contributed by atoms with van der Waals surface area (Å²) in [6, 6.07) is 5.47. The van der Waals surface area contributed by atoms with Crippen molar-refractivity contribution in [2.75, 3.05) is 0 Å². The monoisotopic (exact) mass is 178 g/mol. The van der Waals surface area contributed by atoms with Gasteiger partial charge in [-0.3, -0.25) is 4.79 Å². The van der Waals surface area contributed by atoms with Crippen molar-refractivity contribution in [2.24, 2.45) is 0 Å². The molecular weight excluding hydrogens is 164 g/mol. The summed E-state index contributed by atoms with van der Waals surface area (Å²) >= 11 is 0. The van der Waals surface area contributed by atoms with Crippen LogP contribution in [0.2, 0.25) is 0 Å². The van der Waals surface area contributed by atoms with Gasteiger partial charge in [-0.05, 0) is 44.5 Å². The fourth-order valence-electron chi connectivity index (χ4n) is 1.13. The van der Waals surface area contributed by atoms with Gasteiger partial charge in [0, 0.05) is 5.56 Å². The van der Waals surface area contributed by atoms with Gasteiger partial charge in [-0.25, -0.2) is 0 Å². The predicted molar refractivity (Wildman–Crippen MR) is 52.3 cm³/mol. The molecule has 0 aliphatic heterocycles. The summed E-state index contributed by atoms with van der Waals surface area (Å²) in [6.45, 7) is 5.85. The van der Waals surface area contributed by atoms with E-state index in [1.807, 2.05) is 32.9 Å². The van der Waals surface area contributed by atoms with Crippen LogP contribution >= 0.6 is 0 Å². The molecule has 0 bridgehead atoms. The molecule has 2 heteroatoms. The molecule has 0 saturated carbocycles. The zero-order valence-corrected chi connectivity index (χ0v) is 8.20. The number of aryl methyl sites for hydroxylation is 1. The molecule has 13 heavy (non-hydrogen) atoms. The summed E-state index contributed by atoms with van der Waals surface area (Å²) < 4.78 is 5.48. The van der Waals surface area contributed by atoms with E-state index in [0.717, 1.165) is 23.2 Å². The van der Waals surface area contributed by atoms with Crippen molar-refractivity contribution in [1.82, 2.24) is 0 Å². The standard InChI is InChI=1S/C11H14O2/c1-8(2)13-11-5-4-10(7-12)9(3)6-11/h4-8H,1-3H3. The smallest absolute Gasteiger partial charge is 0.150 e. The van der Waals surface area contributed by atoms with E-state index in [1.165, 1.54) is 0 Å². The van der Waals surface area contributed by atoms with Crippen molar-refractivity contribution in [2.45, 2.75) is 26.9 Å². The number of carbonyl (C=O) groups is 1. The van der Waals surface area contributed by atoms with Crippen LogP contribution < -0.4 is 4.74 Å². The Hall–Kier alpha value is -1.31. The first kappa shape index (κ1) is 9.78. The Kier molecular flexibility index (Phi) is 3.07. The summed E-state index contributed by atoms with van der Waals surface area (Å²) in [5.74, 6) is 0.818. The SMILES string of the molecule is Cc1cc(OC(C)C)ccc1C=O. The van der Waals surface area contributed by atoms with E-state index in [1.54, 1.807) is 6.07 Å². The van der Waals surface area contributed by atoms with E-state index in [9.17, 15) is 4.79 Å². The fourth-order valence-corrected chi connectivity index (χ4v) is 1.13. The normalized spacial score (nSPS) is 10.2. The second-order valence-corrected chi connectivity index (χ2v) is 3.30. The number of hydrogen-bond acceptors (Lipinski definition) is 2. The molecule has 0 unspecified atom stereocenters. The van der Waals surface area contributed by atoms with Gasteiger partial charge in [0.15, 0.2) is 0 Å². The maximum Gasteiger partial charge on any atom is 0.150 e. The lowest BCUT2D eigenvalue weighted by atomic mass is 10.1. The average molecular weight is 178 g/mol. The van der Waals surface area contributed by atoms with Gasteiger partial charge in [-0.2, -0.15) is 0 Å². The Morgan fingerprint density at radius 3 is 2.54 bits per heavy atom. The highest BCUT2D eigenvalue weighted by Crippen LogP contribution is 2.16. The Balaban J connectivity index is 2.89. The van der Waals surface area contributed by atoms with Crippen LogP contribution in [-0.2, 0) is 0 Å². The zero-order chi connectivity index (χ0) is 9.84. The van der Waals surface area contributed by atoms with Gasteiger partial charge in [0.05, 0.1) is 6.10 Å². The summed E-state index contributed by atoms with van der Waals surface area (Å²) in [5, 5.41) is 0. The number of aldehydes is 1. The third kappa shape index (κ3) is 2.58. The quantitative estimate of drug-likeness (QED) is 0.665. The van der Waals surface area contributed by atoms with Crippen LogP contribution in [0.4, 0.5) is 0 Å². The largest absolute Gasteiger partial charge is 0.491 e. The Morgan fingerprint density at radius 1 is 1.38 bits per heavy atom. The molecule has 2 nitrogen and oxygen atoms in total. The van der Waals surface area contributed by atoms with Crippen LogP contribution in [0.25, 0.3) is 0 Å². The van der Waals surface area contributed by atoms with Gasteiger partial charge in [0.2, 0.25) is 0 Å². The third-order valence-electron chi connectivity index (χ3n) is 1.74. The molecule has 0 aliphatic rings. The van der Waals surface area contributed by atoms with E-state index < -0.39 is 0 Å². The minimum Gasteiger partial charge on any atom is -0.491 e. The van der Waals surface area contributed by atoms with E-state index in [0.29, 0.717) is 0 Å². The second kappa shape index (κ2) is 4.08. The number of hydrogen-bond donors (Lipinski definition) is 0. The highest BCUT2D eigenvalue weighted by Gasteiger charge is 2.00. The molecule has 0 N–H and O–H groups in total. The van der Waals surface area contributed by atoms with E-state index in [-0.39, 0.29) is 6.10 Å². The number of carbonyl (C=O) groups excluding carboxylic acids is 1. The van der Waals surface area contributed by atoms with Crippen molar-refractivity contribution in [3.63, 3.8) is 0 Å². The molecule has 0 aromatic heterocycles. The summed E-state index contributed by atoms with van der Waals surface area (Å²) in [5.41, 5.74) is 1.67. The van der Waals surface area contributed by atoms with Crippen LogP contribution in [0.3, 0.4) is 0 Å². The van der Waals surface area contributed by atoms with E-state index in [4.69, 9.17) is 4.74 Å². The zero-order valence-electron chi connectivity index (χ0n) is 8.20. The molecule has 0 radical (unpaired) electrons. The average Bonchev–Trinajstić information content (AvgIpc) is 2.03. The molecule has 1 rings (SSSR count). The topological polar surface area (TPSA) is 26.3 Å². The van der Waals surface area contributed by atoms with Crippen molar-refractivity contribution in [3.05, 3.63) is 29.3 Å². The number of rotatable bonds is 3. The van der Waals surface area contributed by atoms with Crippen molar-refractivity contribution in [3.8, 4) is 5.75 Å². The minimum absolute atomic E-state index is 0.168. The lowest BCUT2D eigenvalue weighted by Gasteiger charge is -2.10. The second-order valence-electron chi connectivity index (χ2n) is 3.30. The summed E-state index contributed by atoms with van der Waals surface area (Å²) in [6.07, 6.45) is 1.02. The predicted octanol–water partition coefficient (Wildman–Crippen LogP) is 2.59. The lowest BCUT2D eigenvalue weighted by Crippen LogP contribution is -2.05. The maximum atomic E-state index is 10.5. The van der Waals surface area contributed by atoms with E-state index >= 15 is 0 Å². The Morgan fingerprint density at radius 2 is 2.08 bits per heavy atom. The third-order valence-corrected chi connectivity index (χ3v) is 1.74. The Bertz CT molecular complexity index is 303. The van der Waals surface area contributed by atoms with Crippen molar-refractivity contribution in [1.29, 1.82) is 0 Å². The van der Waals surface area contributed by atoms with Crippen LogP contribution in [0, 0.1) is 6.92 Å². The van der Waals surface area contributed by atoms with Gasteiger partial charge < -0.3 is 4.74 Å². The van der Waals surface area contributed by atoms with E-state index in [2.05, 4.69) is 0 Å². The molecular formula is C11H14O2. The summed E-state index contributed by atoms with van der Waals surface area (Å²) in [7, 11) is 0. The highest BCUT2D eigenvalue weighted by atomic mass is 16.5. The maximum absolute atomic E-state index is 10.5. The van der Waals surface area contributed by atoms with Crippen LogP contribution in [-0.4, -0.2) is 12.4 Å². The molecule has 0 spiro atoms. The van der Waals surface area contributed by atoms with Crippen LogP contribution in [0.1, 0.15) is 29.8 Å². The number of benzene rings is 1. The van der Waals surface area contributed by atoms with Gasteiger partial charge in [0.1, 0.15) is 12.0 Å². The molecule has 0 amide bonds. The molecule has 1 aromatic rings. The van der Waals surface area contributed by atoms with Gasteiger partial charge in [0.25, 0.3) is 0 Å². The molecule has 0 aliphatic carbocycles. The molecule has 0 atom stereocenters. The number of ether oxygens (including phenoxy) is 1. The first-order valence-electron chi connectivity index (χ1n) is 4.36. The minimum atomic E-state index is 0.168. The fraction of sp³-hybridized carbons (Fsp3) is 0.364. The van der Waals surface area contributed by atoms with Crippen molar-refractivity contribution >= 4 is 6.29 Å². The van der Waals surface area contributed by atoms with Crippen LogP contribution in [0.15, 0.2) is 18.2 Å². The molecule has 1 aromatic carbocycles. The molecule has 0 saturated heterocycles. The van der Waals surface area contributed by atoms with Crippen molar-refractivity contribution < 1.29 is 9.53 Å². The first-order chi connectivity index (χ1) is 6.13.